The molecule has 0 fully saturated rings. The molecule has 0 spiro atoms. The van der Waals surface area contributed by atoms with Crippen molar-refractivity contribution in [1.29, 1.82) is 0 Å². The van der Waals surface area contributed by atoms with E-state index in [1.807, 2.05) is 0 Å². The third-order valence-corrected chi connectivity index (χ3v) is 3.80. The number of hydrogen-bond acceptors (Lipinski definition) is 2. The molecule has 1 N–H and O–H groups in total. The van der Waals surface area contributed by atoms with E-state index in [0.717, 1.165) is 35.6 Å². The van der Waals surface area contributed by atoms with E-state index in [0.29, 0.717) is 0 Å². The van der Waals surface area contributed by atoms with E-state index in [4.69, 9.17) is 12.2 Å². The van der Waals surface area contributed by atoms with E-state index in [9.17, 15) is 0 Å². The maximum absolute atomic E-state index is 5.44. The Morgan fingerprint density at radius 1 is 1.24 bits per heavy atom. The van der Waals surface area contributed by atoms with Crippen LogP contribution in [-0.4, -0.2) is 9.97 Å². The lowest BCUT2D eigenvalue weighted by Crippen LogP contribution is -2.06. The highest BCUT2D eigenvalue weighted by atomic mass is 32.1. The largest absolute Gasteiger partial charge is 0.347 e. The number of rotatable bonds is 3. The first-order valence-corrected chi connectivity index (χ1v) is 7.18. The first-order chi connectivity index (χ1) is 8.16. The summed E-state index contributed by atoms with van der Waals surface area (Å²) in [7, 11) is 0. The van der Waals surface area contributed by atoms with Gasteiger partial charge in [0, 0.05) is 17.7 Å². The minimum atomic E-state index is 0.720. The van der Waals surface area contributed by atoms with Crippen LogP contribution in [-0.2, 0) is 19.3 Å². The van der Waals surface area contributed by atoms with Crippen molar-refractivity contribution in [3.05, 3.63) is 21.7 Å². The van der Waals surface area contributed by atoms with Crippen LogP contribution in [0.3, 0.4) is 0 Å². The lowest BCUT2D eigenvalue weighted by Gasteiger charge is -2.10. The van der Waals surface area contributed by atoms with Crippen LogP contribution in [0.15, 0.2) is 0 Å². The summed E-state index contributed by atoms with van der Waals surface area (Å²) in [4.78, 5) is 8.08. The van der Waals surface area contributed by atoms with Crippen molar-refractivity contribution >= 4 is 12.2 Å². The van der Waals surface area contributed by atoms with Crippen LogP contribution in [0.4, 0.5) is 0 Å². The Bertz CT molecular complexity index is 434. The van der Waals surface area contributed by atoms with Gasteiger partial charge in [0.15, 0.2) is 0 Å². The van der Waals surface area contributed by atoms with E-state index in [1.54, 1.807) is 0 Å². The standard InChI is InChI=1S/C14H22N2S/c1-10(2)8-9-13-15-12-7-5-3-4-6-11(12)14(17)16-13/h10H,3-9H2,1-2H3,(H,15,16,17). The Balaban J connectivity index is 2.23. The maximum Gasteiger partial charge on any atom is 0.133 e. The second-order valence-electron chi connectivity index (χ2n) is 5.44. The molecule has 1 aliphatic rings. The second kappa shape index (κ2) is 5.76. The van der Waals surface area contributed by atoms with Gasteiger partial charge in [0.2, 0.25) is 0 Å². The summed E-state index contributed by atoms with van der Waals surface area (Å²) in [6.07, 6.45) is 8.33. The highest BCUT2D eigenvalue weighted by molar-refractivity contribution is 7.71. The predicted molar refractivity (Wildman–Crippen MR) is 73.8 cm³/mol. The summed E-state index contributed by atoms with van der Waals surface area (Å²) in [6.45, 7) is 4.50. The average molecular weight is 250 g/mol. The molecule has 3 heteroatoms. The van der Waals surface area contributed by atoms with Gasteiger partial charge in [-0.1, -0.05) is 32.5 Å². The minimum Gasteiger partial charge on any atom is -0.347 e. The number of aromatic amines is 1. The van der Waals surface area contributed by atoms with Gasteiger partial charge in [-0.05, 0) is 38.0 Å². The Morgan fingerprint density at radius 2 is 2.00 bits per heavy atom. The van der Waals surface area contributed by atoms with Gasteiger partial charge >= 0.3 is 0 Å². The zero-order valence-electron chi connectivity index (χ0n) is 10.9. The molecule has 1 aromatic rings. The fourth-order valence-corrected chi connectivity index (χ4v) is 2.73. The number of fused-ring (bicyclic) bond motifs is 1. The topological polar surface area (TPSA) is 28.7 Å². The number of H-pyrrole nitrogens is 1. The van der Waals surface area contributed by atoms with E-state index in [1.165, 1.54) is 36.9 Å². The quantitative estimate of drug-likeness (QED) is 0.649. The molecular weight excluding hydrogens is 228 g/mol. The monoisotopic (exact) mass is 250 g/mol. The molecule has 94 valence electrons. The predicted octanol–water partition coefficient (Wildman–Crippen LogP) is 4.00. The van der Waals surface area contributed by atoms with Gasteiger partial charge in [-0.15, -0.1) is 0 Å². The molecule has 2 nitrogen and oxygen atoms in total. The Morgan fingerprint density at radius 3 is 2.76 bits per heavy atom. The summed E-state index contributed by atoms with van der Waals surface area (Å²) in [5.74, 6) is 1.81. The average Bonchev–Trinajstić information content (AvgIpc) is 2.51. The number of nitrogens with one attached hydrogen (secondary N) is 1. The molecule has 0 bridgehead atoms. The third-order valence-electron chi connectivity index (χ3n) is 3.47. The van der Waals surface area contributed by atoms with Crippen molar-refractivity contribution in [2.75, 3.05) is 0 Å². The summed E-state index contributed by atoms with van der Waals surface area (Å²) < 4.78 is 0.847. The summed E-state index contributed by atoms with van der Waals surface area (Å²) >= 11 is 5.44. The van der Waals surface area contributed by atoms with Gasteiger partial charge in [0.05, 0.1) is 0 Å². The Hall–Kier alpha value is -0.700. The molecule has 1 heterocycles. The molecule has 17 heavy (non-hydrogen) atoms. The van der Waals surface area contributed by atoms with Crippen molar-refractivity contribution in [3.8, 4) is 0 Å². The second-order valence-corrected chi connectivity index (χ2v) is 5.83. The van der Waals surface area contributed by atoms with Gasteiger partial charge in [-0.3, -0.25) is 0 Å². The van der Waals surface area contributed by atoms with Crippen LogP contribution in [0.5, 0.6) is 0 Å². The fraction of sp³-hybridized carbons (Fsp3) is 0.714. The summed E-state index contributed by atoms with van der Waals surface area (Å²) in [5.41, 5.74) is 2.67. The third kappa shape index (κ3) is 3.38. The van der Waals surface area contributed by atoms with Crippen LogP contribution in [0, 0.1) is 10.6 Å². The SMILES string of the molecule is CC(C)CCc1nc(=S)c2c([nH]1)CCCCC2. The molecule has 1 aromatic heterocycles. The number of nitrogens with zero attached hydrogens (tertiary/aromatic N) is 1. The van der Waals surface area contributed by atoms with Gasteiger partial charge < -0.3 is 4.98 Å². The molecule has 1 aliphatic carbocycles. The van der Waals surface area contributed by atoms with Crippen molar-refractivity contribution in [3.63, 3.8) is 0 Å². The lowest BCUT2D eigenvalue weighted by atomic mass is 10.1. The van der Waals surface area contributed by atoms with Crippen molar-refractivity contribution < 1.29 is 0 Å². The van der Waals surface area contributed by atoms with Gasteiger partial charge in [0.1, 0.15) is 10.5 Å². The molecule has 0 aromatic carbocycles. The normalized spacial score (nSPS) is 15.7. The van der Waals surface area contributed by atoms with Crippen LogP contribution >= 0.6 is 12.2 Å². The van der Waals surface area contributed by atoms with Crippen LogP contribution in [0.25, 0.3) is 0 Å². The van der Waals surface area contributed by atoms with Crippen molar-refractivity contribution in [1.82, 2.24) is 9.97 Å². The Kier molecular flexibility index (Phi) is 4.32. The lowest BCUT2D eigenvalue weighted by molar-refractivity contribution is 0.572. The first-order valence-electron chi connectivity index (χ1n) is 6.77. The zero-order chi connectivity index (χ0) is 12.3. The summed E-state index contributed by atoms with van der Waals surface area (Å²) in [6, 6.07) is 0. The van der Waals surface area contributed by atoms with Gasteiger partial charge in [0.25, 0.3) is 0 Å². The zero-order valence-corrected chi connectivity index (χ0v) is 11.7. The van der Waals surface area contributed by atoms with Crippen LogP contribution in [0.2, 0.25) is 0 Å². The number of hydrogen-bond donors (Lipinski definition) is 1. The van der Waals surface area contributed by atoms with Crippen LogP contribution in [0.1, 0.15) is 56.6 Å². The fourth-order valence-electron chi connectivity index (χ4n) is 2.39. The molecule has 0 aliphatic heterocycles. The molecular formula is C14H22N2S. The van der Waals surface area contributed by atoms with Crippen molar-refractivity contribution in [2.24, 2.45) is 5.92 Å². The van der Waals surface area contributed by atoms with E-state index < -0.39 is 0 Å². The van der Waals surface area contributed by atoms with Gasteiger partial charge in [-0.2, -0.15) is 0 Å². The highest BCUT2D eigenvalue weighted by Gasteiger charge is 2.12. The molecule has 0 amide bonds. The van der Waals surface area contributed by atoms with Gasteiger partial charge in [-0.25, -0.2) is 4.98 Å². The molecule has 0 radical (unpaired) electrons. The number of aryl methyl sites for hydroxylation is 2. The molecule has 0 saturated carbocycles. The van der Waals surface area contributed by atoms with Crippen molar-refractivity contribution in [2.45, 2.75) is 58.8 Å². The smallest absolute Gasteiger partial charge is 0.133 e. The first kappa shape index (κ1) is 12.7. The Labute approximate surface area is 109 Å². The summed E-state index contributed by atoms with van der Waals surface area (Å²) in [5, 5.41) is 0. The van der Waals surface area contributed by atoms with Crippen LogP contribution < -0.4 is 0 Å². The minimum absolute atomic E-state index is 0.720. The van der Waals surface area contributed by atoms with E-state index in [-0.39, 0.29) is 0 Å². The molecule has 0 atom stereocenters. The maximum atomic E-state index is 5.44. The molecule has 0 saturated heterocycles. The molecule has 2 rings (SSSR count). The van der Waals surface area contributed by atoms with E-state index >= 15 is 0 Å². The van der Waals surface area contributed by atoms with E-state index in [2.05, 4.69) is 23.8 Å². The molecule has 0 unspecified atom stereocenters. The highest BCUT2D eigenvalue weighted by Crippen LogP contribution is 2.20. The number of aromatic nitrogens is 2.